The Kier molecular flexibility index (Phi) is 3.82. The van der Waals surface area contributed by atoms with Crippen molar-refractivity contribution in [2.45, 2.75) is 6.42 Å². The molecule has 0 radical (unpaired) electrons. The van der Waals surface area contributed by atoms with Gasteiger partial charge in [-0.05, 0) is 12.1 Å². The predicted octanol–water partition coefficient (Wildman–Crippen LogP) is 0.998. The fraction of sp³-hybridized carbons (Fsp3) is 0.385. The highest BCUT2D eigenvalue weighted by molar-refractivity contribution is 5.86. The summed E-state index contributed by atoms with van der Waals surface area (Å²) in [6, 6.07) is 9.32. The Labute approximate surface area is 105 Å². The van der Waals surface area contributed by atoms with Crippen LogP contribution >= 0.6 is 0 Å². The number of ether oxygens (including phenoxy) is 1. The summed E-state index contributed by atoms with van der Waals surface area (Å²) in [5.41, 5.74) is 0. The molecule has 0 aromatic heterocycles. The summed E-state index contributed by atoms with van der Waals surface area (Å²) in [6.07, 6.45) is 0.0979. The van der Waals surface area contributed by atoms with Gasteiger partial charge in [0.25, 0.3) is 0 Å². The molecule has 1 saturated heterocycles. The Balaban J connectivity index is 1.78. The topological polar surface area (TPSA) is 66.8 Å². The van der Waals surface area contributed by atoms with Gasteiger partial charge in [0.1, 0.15) is 12.4 Å². The van der Waals surface area contributed by atoms with E-state index in [0.717, 1.165) is 5.75 Å². The number of amides is 1. The second-order valence-corrected chi connectivity index (χ2v) is 4.24. The molecule has 1 heterocycles. The second kappa shape index (κ2) is 5.53. The van der Waals surface area contributed by atoms with Gasteiger partial charge in [0.05, 0.1) is 12.5 Å². The van der Waals surface area contributed by atoms with Crippen LogP contribution in [0.1, 0.15) is 6.42 Å². The summed E-state index contributed by atoms with van der Waals surface area (Å²) in [5, 5.41) is 8.84. The molecule has 1 aliphatic rings. The van der Waals surface area contributed by atoms with Crippen LogP contribution in [0.2, 0.25) is 0 Å². The summed E-state index contributed by atoms with van der Waals surface area (Å²) >= 11 is 0. The molecule has 0 bridgehead atoms. The zero-order valence-electron chi connectivity index (χ0n) is 9.91. The van der Waals surface area contributed by atoms with E-state index in [2.05, 4.69) is 0 Å². The number of carboxylic acid groups (broad SMARTS) is 1. The van der Waals surface area contributed by atoms with E-state index in [1.165, 1.54) is 0 Å². The first-order chi connectivity index (χ1) is 8.66. The molecule has 0 spiro atoms. The number of aliphatic carboxylic acids is 1. The SMILES string of the molecule is O=C(O)[C@H]1CC(=O)N(CCOc2ccccc2)C1. The standard InChI is InChI=1S/C13H15NO4/c15-12-8-10(13(16)17)9-14(12)6-7-18-11-4-2-1-3-5-11/h1-5,10H,6-9H2,(H,16,17)/t10-/m0/s1. The monoisotopic (exact) mass is 249 g/mol. The first kappa shape index (κ1) is 12.4. The summed E-state index contributed by atoms with van der Waals surface area (Å²) in [4.78, 5) is 23.9. The summed E-state index contributed by atoms with van der Waals surface area (Å²) in [7, 11) is 0. The molecule has 1 N–H and O–H groups in total. The molecular weight excluding hydrogens is 234 g/mol. The van der Waals surface area contributed by atoms with Crippen LogP contribution in [0.25, 0.3) is 0 Å². The Morgan fingerprint density at radius 1 is 1.39 bits per heavy atom. The van der Waals surface area contributed by atoms with Crippen LogP contribution < -0.4 is 4.74 Å². The molecule has 1 fully saturated rings. The van der Waals surface area contributed by atoms with E-state index in [9.17, 15) is 9.59 Å². The number of hydrogen-bond acceptors (Lipinski definition) is 3. The van der Waals surface area contributed by atoms with Crippen LogP contribution in [0.5, 0.6) is 5.75 Å². The highest BCUT2D eigenvalue weighted by Crippen LogP contribution is 2.17. The van der Waals surface area contributed by atoms with Crippen LogP contribution in [-0.2, 0) is 9.59 Å². The van der Waals surface area contributed by atoms with Crippen LogP contribution in [0.3, 0.4) is 0 Å². The number of carboxylic acids is 1. The molecule has 1 aliphatic heterocycles. The minimum atomic E-state index is -0.908. The average Bonchev–Trinajstić information content (AvgIpc) is 2.73. The number of para-hydroxylation sites is 1. The Morgan fingerprint density at radius 2 is 2.11 bits per heavy atom. The van der Waals surface area contributed by atoms with Gasteiger partial charge in [0.15, 0.2) is 0 Å². The molecule has 18 heavy (non-hydrogen) atoms. The molecule has 1 atom stereocenters. The van der Waals surface area contributed by atoms with E-state index in [4.69, 9.17) is 9.84 Å². The average molecular weight is 249 g/mol. The third-order valence-corrected chi connectivity index (χ3v) is 2.94. The first-order valence-corrected chi connectivity index (χ1v) is 5.85. The minimum absolute atomic E-state index is 0.0979. The van der Waals surface area contributed by atoms with Crippen LogP contribution in [0, 0.1) is 5.92 Å². The Morgan fingerprint density at radius 3 is 2.72 bits per heavy atom. The number of carbonyl (C=O) groups excluding carboxylic acids is 1. The van der Waals surface area contributed by atoms with Crippen LogP contribution in [0.4, 0.5) is 0 Å². The van der Waals surface area contributed by atoms with Crippen LogP contribution in [-0.4, -0.2) is 41.6 Å². The maximum atomic E-state index is 11.5. The lowest BCUT2D eigenvalue weighted by Crippen LogP contribution is -2.30. The quantitative estimate of drug-likeness (QED) is 0.845. The van der Waals surface area contributed by atoms with Gasteiger partial charge < -0.3 is 14.7 Å². The van der Waals surface area contributed by atoms with Gasteiger partial charge in [0, 0.05) is 13.0 Å². The molecule has 1 aromatic carbocycles. The first-order valence-electron chi connectivity index (χ1n) is 5.85. The summed E-state index contributed by atoms with van der Waals surface area (Å²) in [5.74, 6) is -0.845. The molecule has 0 saturated carbocycles. The number of rotatable bonds is 5. The van der Waals surface area contributed by atoms with E-state index < -0.39 is 11.9 Å². The fourth-order valence-electron chi connectivity index (χ4n) is 1.94. The smallest absolute Gasteiger partial charge is 0.308 e. The Hall–Kier alpha value is -2.04. The molecule has 1 aromatic rings. The lowest BCUT2D eigenvalue weighted by Gasteiger charge is -2.16. The van der Waals surface area contributed by atoms with Gasteiger partial charge in [-0.25, -0.2) is 0 Å². The number of carbonyl (C=O) groups is 2. The van der Waals surface area contributed by atoms with Crippen molar-refractivity contribution in [3.63, 3.8) is 0 Å². The largest absolute Gasteiger partial charge is 0.492 e. The van der Waals surface area contributed by atoms with Crippen molar-refractivity contribution in [3.05, 3.63) is 30.3 Å². The third-order valence-electron chi connectivity index (χ3n) is 2.94. The normalized spacial score (nSPS) is 19.0. The van der Waals surface area contributed by atoms with Crippen LogP contribution in [0.15, 0.2) is 30.3 Å². The van der Waals surface area contributed by atoms with Gasteiger partial charge in [0.2, 0.25) is 5.91 Å². The van der Waals surface area contributed by atoms with Crippen molar-refractivity contribution in [2.24, 2.45) is 5.92 Å². The third kappa shape index (κ3) is 3.00. The van der Waals surface area contributed by atoms with Crippen molar-refractivity contribution < 1.29 is 19.4 Å². The molecule has 5 heteroatoms. The van der Waals surface area contributed by atoms with E-state index in [1.54, 1.807) is 4.90 Å². The molecular formula is C13H15NO4. The predicted molar refractivity (Wildman–Crippen MR) is 64.3 cm³/mol. The Bertz CT molecular complexity index is 432. The van der Waals surface area contributed by atoms with Crippen molar-refractivity contribution in [3.8, 4) is 5.75 Å². The fourth-order valence-corrected chi connectivity index (χ4v) is 1.94. The molecule has 1 amide bonds. The zero-order valence-corrected chi connectivity index (χ0v) is 9.91. The minimum Gasteiger partial charge on any atom is -0.492 e. The van der Waals surface area contributed by atoms with E-state index in [0.29, 0.717) is 13.2 Å². The van der Waals surface area contributed by atoms with Gasteiger partial charge in [-0.1, -0.05) is 18.2 Å². The number of hydrogen-bond donors (Lipinski definition) is 1. The van der Waals surface area contributed by atoms with Crippen molar-refractivity contribution >= 4 is 11.9 Å². The van der Waals surface area contributed by atoms with Gasteiger partial charge in [-0.2, -0.15) is 0 Å². The maximum absolute atomic E-state index is 11.5. The lowest BCUT2D eigenvalue weighted by atomic mass is 10.1. The molecule has 0 aliphatic carbocycles. The maximum Gasteiger partial charge on any atom is 0.308 e. The van der Waals surface area contributed by atoms with Gasteiger partial charge in [-0.3, -0.25) is 9.59 Å². The highest BCUT2D eigenvalue weighted by Gasteiger charge is 2.33. The van der Waals surface area contributed by atoms with E-state index in [-0.39, 0.29) is 18.9 Å². The van der Waals surface area contributed by atoms with E-state index in [1.807, 2.05) is 30.3 Å². The van der Waals surface area contributed by atoms with Crippen molar-refractivity contribution in [1.29, 1.82) is 0 Å². The lowest BCUT2D eigenvalue weighted by molar-refractivity contribution is -0.141. The number of nitrogens with zero attached hydrogens (tertiary/aromatic N) is 1. The highest BCUT2D eigenvalue weighted by atomic mass is 16.5. The van der Waals surface area contributed by atoms with Crippen molar-refractivity contribution in [1.82, 2.24) is 4.90 Å². The summed E-state index contributed by atoms with van der Waals surface area (Å²) in [6.45, 7) is 1.09. The molecule has 0 unspecified atom stereocenters. The van der Waals surface area contributed by atoms with E-state index >= 15 is 0 Å². The molecule has 96 valence electrons. The molecule has 2 rings (SSSR count). The number of benzene rings is 1. The summed E-state index contributed by atoms with van der Waals surface area (Å²) < 4.78 is 5.47. The van der Waals surface area contributed by atoms with Gasteiger partial charge >= 0.3 is 5.97 Å². The van der Waals surface area contributed by atoms with Crippen molar-refractivity contribution in [2.75, 3.05) is 19.7 Å². The zero-order chi connectivity index (χ0) is 13.0. The molecule has 5 nitrogen and oxygen atoms in total. The van der Waals surface area contributed by atoms with Gasteiger partial charge in [-0.15, -0.1) is 0 Å². The number of likely N-dealkylation sites (tertiary alicyclic amines) is 1. The second-order valence-electron chi connectivity index (χ2n) is 4.24.